The van der Waals surface area contributed by atoms with Crippen molar-refractivity contribution in [3.05, 3.63) is 29.3 Å². The van der Waals surface area contributed by atoms with Gasteiger partial charge in [-0.1, -0.05) is 17.7 Å². The van der Waals surface area contributed by atoms with E-state index < -0.39 is 0 Å². The van der Waals surface area contributed by atoms with Crippen molar-refractivity contribution in [3.8, 4) is 0 Å². The molecule has 2 rings (SSSR count). The predicted molar refractivity (Wildman–Crippen MR) is 65.1 cm³/mol. The van der Waals surface area contributed by atoms with Gasteiger partial charge in [0.25, 0.3) is 0 Å². The Morgan fingerprint density at radius 1 is 1.50 bits per heavy atom. The van der Waals surface area contributed by atoms with E-state index in [1.165, 1.54) is 0 Å². The van der Waals surface area contributed by atoms with E-state index in [1.807, 2.05) is 24.3 Å². The van der Waals surface area contributed by atoms with Gasteiger partial charge in [0.2, 0.25) is 0 Å². The Hall–Kier alpha value is -0.770. The fourth-order valence-electron chi connectivity index (χ4n) is 2.04. The molecule has 0 spiro atoms. The van der Waals surface area contributed by atoms with Crippen LogP contribution in [0.5, 0.6) is 0 Å². The van der Waals surface area contributed by atoms with E-state index >= 15 is 0 Å². The van der Waals surface area contributed by atoms with E-state index in [1.54, 1.807) is 0 Å². The quantitative estimate of drug-likeness (QED) is 0.878. The number of ether oxygens (including phenoxy) is 1. The van der Waals surface area contributed by atoms with Crippen LogP contribution in [0.25, 0.3) is 0 Å². The first-order chi connectivity index (χ1) is 7.81. The molecule has 0 amide bonds. The van der Waals surface area contributed by atoms with Crippen LogP contribution in [0.1, 0.15) is 6.42 Å². The predicted octanol–water partition coefficient (Wildman–Crippen LogP) is 1.93. The number of morpholine rings is 1. The van der Waals surface area contributed by atoms with Crippen LogP contribution in [0.15, 0.2) is 24.3 Å². The Morgan fingerprint density at radius 3 is 3.12 bits per heavy atom. The van der Waals surface area contributed by atoms with Crippen LogP contribution in [0.4, 0.5) is 5.69 Å². The van der Waals surface area contributed by atoms with Gasteiger partial charge in [-0.2, -0.15) is 0 Å². The highest BCUT2D eigenvalue weighted by atomic mass is 35.5. The summed E-state index contributed by atoms with van der Waals surface area (Å²) >= 11 is 5.98. The molecular weight excluding hydrogens is 226 g/mol. The van der Waals surface area contributed by atoms with E-state index in [0.29, 0.717) is 6.61 Å². The zero-order valence-corrected chi connectivity index (χ0v) is 9.86. The molecule has 0 bridgehead atoms. The number of aliphatic hydroxyl groups excluding tert-OH is 1. The molecule has 0 saturated carbocycles. The molecule has 0 radical (unpaired) electrons. The fraction of sp³-hybridized carbons (Fsp3) is 0.500. The van der Waals surface area contributed by atoms with Gasteiger partial charge in [0.1, 0.15) is 0 Å². The third-order valence-corrected chi connectivity index (χ3v) is 3.06. The van der Waals surface area contributed by atoms with Gasteiger partial charge in [0.15, 0.2) is 0 Å². The van der Waals surface area contributed by atoms with E-state index in [0.717, 1.165) is 30.3 Å². The molecule has 1 N–H and O–H groups in total. The van der Waals surface area contributed by atoms with Crippen LogP contribution in [0, 0.1) is 0 Å². The molecular formula is C12H16ClNO2. The van der Waals surface area contributed by atoms with Gasteiger partial charge in [-0.25, -0.2) is 0 Å². The molecule has 1 fully saturated rings. The first-order valence-electron chi connectivity index (χ1n) is 5.52. The Morgan fingerprint density at radius 2 is 2.38 bits per heavy atom. The van der Waals surface area contributed by atoms with Crippen molar-refractivity contribution >= 4 is 17.3 Å². The van der Waals surface area contributed by atoms with Crippen molar-refractivity contribution in [3.63, 3.8) is 0 Å². The van der Waals surface area contributed by atoms with Gasteiger partial charge in [0.05, 0.1) is 19.3 Å². The highest BCUT2D eigenvalue weighted by molar-refractivity contribution is 6.30. The van der Waals surface area contributed by atoms with Crippen molar-refractivity contribution in [2.75, 3.05) is 31.3 Å². The van der Waals surface area contributed by atoms with Gasteiger partial charge in [0, 0.05) is 23.9 Å². The van der Waals surface area contributed by atoms with Crippen LogP contribution < -0.4 is 4.90 Å². The zero-order valence-electron chi connectivity index (χ0n) is 9.10. The second-order valence-corrected chi connectivity index (χ2v) is 4.35. The molecule has 16 heavy (non-hydrogen) atoms. The number of anilines is 1. The second-order valence-electron chi connectivity index (χ2n) is 3.91. The van der Waals surface area contributed by atoms with E-state index in [-0.39, 0.29) is 12.6 Å². The monoisotopic (exact) mass is 241 g/mol. The topological polar surface area (TPSA) is 32.7 Å². The van der Waals surface area contributed by atoms with Crippen molar-refractivity contribution in [2.24, 2.45) is 0 Å². The third-order valence-electron chi connectivity index (χ3n) is 2.83. The van der Waals surface area contributed by atoms with Gasteiger partial charge in [-0.15, -0.1) is 0 Å². The van der Waals surface area contributed by atoms with Gasteiger partial charge in [-0.3, -0.25) is 0 Å². The summed E-state index contributed by atoms with van der Waals surface area (Å²) in [6.07, 6.45) is 0.729. The maximum Gasteiger partial charge on any atom is 0.0671 e. The summed E-state index contributed by atoms with van der Waals surface area (Å²) in [6, 6.07) is 8.06. The summed E-state index contributed by atoms with van der Waals surface area (Å²) in [5, 5.41) is 9.77. The molecule has 4 heteroatoms. The lowest BCUT2D eigenvalue weighted by Gasteiger charge is -2.37. The van der Waals surface area contributed by atoms with Crippen LogP contribution in [-0.4, -0.2) is 37.5 Å². The summed E-state index contributed by atoms with van der Waals surface area (Å²) in [5.74, 6) is 0. The first kappa shape index (κ1) is 11.7. The number of benzene rings is 1. The molecule has 1 aliphatic rings. The average molecular weight is 242 g/mol. The highest BCUT2D eigenvalue weighted by Gasteiger charge is 2.22. The molecule has 3 nitrogen and oxygen atoms in total. The second kappa shape index (κ2) is 5.53. The van der Waals surface area contributed by atoms with Crippen molar-refractivity contribution in [1.82, 2.24) is 0 Å². The van der Waals surface area contributed by atoms with Gasteiger partial charge < -0.3 is 14.7 Å². The Balaban J connectivity index is 2.16. The maximum absolute atomic E-state index is 9.03. The number of hydrogen-bond acceptors (Lipinski definition) is 3. The molecule has 1 aromatic rings. The number of aliphatic hydroxyl groups is 1. The maximum atomic E-state index is 9.03. The molecule has 0 aromatic heterocycles. The molecule has 88 valence electrons. The number of halogens is 1. The summed E-state index contributed by atoms with van der Waals surface area (Å²) < 4.78 is 5.43. The Labute approximate surface area is 101 Å². The number of nitrogens with zero attached hydrogens (tertiary/aromatic N) is 1. The SMILES string of the molecule is OCCC1COCCN1c1cccc(Cl)c1. The highest BCUT2D eigenvalue weighted by Crippen LogP contribution is 2.24. The summed E-state index contributed by atoms with van der Waals surface area (Å²) in [7, 11) is 0. The smallest absolute Gasteiger partial charge is 0.0671 e. The Kier molecular flexibility index (Phi) is 4.04. The lowest BCUT2D eigenvalue weighted by Crippen LogP contribution is -2.46. The van der Waals surface area contributed by atoms with Crippen molar-refractivity contribution in [2.45, 2.75) is 12.5 Å². The van der Waals surface area contributed by atoms with Crippen LogP contribution in [0.2, 0.25) is 5.02 Å². The summed E-state index contributed by atoms with van der Waals surface area (Å²) in [5.41, 5.74) is 1.11. The fourth-order valence-corrected chi connectivity index (χ4v) is 2.22. The largest absolute Gasteiger partial charge is 0.396 e. The van der Waals surface area contributed by atoms with E-state index in [9.17, 15) is 0 Å². The third kappa shape index (κ3) is 2.67. The van der Waals surface area contributed by atoms with Gasteiger partial charge in [-0.05, 0) is 24.6 Å². The van der Waals surface area contributed by atoms with Crippen molar-refractivity contribution in [1.29, 1.82) is 0 Å². The molecule has 1 heterocycles. The molecule has 1 atom stereocenters. The summed E-state index contributed by atoms with van der Waals surface area (Å²) in [4.78, 5) is 2.26. The molecule has 1 aliphatic heterocycles. The molecule has 1 saturated heterocycles. The minimum absolute atomic E-state index is 0.186. The first-order valence-corrected chi connectivity index (χ1v) is 5.90. The Bertz CT molecular complexity index is 344. The minimum atomic E-state index is 0.186. The molecule has 0 aliphatic carbocycles. The summed E-state index contributed by atoms with van der Waals surface area (Å²) in [6.45, 7) is 2.44. The standard InChI is InChI=1S/C12H16ClNO2/c13-10-2-1-3-11(8-10)14-5-7-16-9-12(14)4-6-15/h1-3,8,12,15H,4-7,9H2. The zero-order chi connectivity index (χ0) is 11.4. The number of rotatable bonds is 3. The lowest BCUT2D eigenvalue weighted by atomic mass is 10.1. The van der Waals surface area contributed by atoms with E-state index in [4.69, 9.17) is 21.4 Å². The molecule has 1 unspecified atom stereocenters. The number of hydrogen-bond donors (Lipinski definition) is 1. The minimum Gasteiger partial charge on any atom is -0.396 e. The normalized spacial score (nSPS) is 21.1. The average Bonchev–Trinajstić information content (AvgIpc) is 2.30. The van der Waals surface area contributed by atoms with E-state index in [2.05, 4.69) is 4.90 Å². The van der Waals surface area contributed by atoms with Crippen LogP contribution >= 0.6 is 11.6 Å². The van der Waals surface area contributed by atoms with Crippen LogP contribution in [0.3, 0.4) is 0 Å². The van der Waals surface area contributed by atoms with Crippen LogP contribution in [-0.2, 0) is 4.74 Å². The van der Waals surface area contributed by atoms with Gasteiger partial charge >= 0.3 is 0 Å². The molecule has 1 aromatic carbocycles. The lowest BCUT2D eigenvalue weighted by molar-refractivity contribution is 0.0850. The van der Waals surface area contributed by atoms with Crippen molar-refractivity contribution < 1.29 is 9.84 Å².